The summed E-state index contributed by atoms with van der Waals surface area (Å²) in [6.07, 6.45) is 5.51. The van der Waals surface area contributed by atoms with E-state index in [0.29, 0.717) is 11.1 Å². The summed E-state index contributed by atoms with van der Waals surface area (Å²) in [5.74, 6) is 1.04. The van der Waals surface area contributed by atoms with Crippen molar-refractivity contribution in [3.63, 3.8) is 0 Å². The number of hydrogen-bond acceptors (Lipinski definition) is 3. The van der Waals surface area contributed by atoms with E-state index in [9.17, 15) is 0 Å². The van der Waals surface area contributed by atoms with Crippen molar-refractivity contribution in [1.29, 1.82) is 0 Å². The maximum absolute atomic E-state index is 6.25. The molecule has 2 rings (SSSR count). The molecule has 5 heteroatoms. The molecule has 0 saturated heterocycles. The van der Waals surface area contributed by atoms with Crippen LogP contribution in [0.25, 0.3) is 0 Å². The molecule has 1 aromatic heterocycles. The van der Waals surface area contributed by atoms with Crippen LogP contribution < -0.4 is 0 Å². The first-order valence-corrected chi connectivity index (χ1v) is 7.96. The highest BCUT2D eigenvalue weighted by Gasteiger charge is 2.37. The molecule has 1 aliphatic rings. The summed E-state index contributed by atoms with van der Waals surface area (Å²) in [6.45, 7) is 4.21. The van der Waals surface area contributed by atoms with Crippen LogP contribution >= 0.6 is 27.5 Å². The lowest BCUT2D eigenvalue weighted by Gasteiger charge is -2.35. The van der Waals surface area contributed by atoms with E-state index in [1.165, 1.54) is 6.42 Å². The molecule has 106 valence electrons. The van der Waals surface area contributed by atoms with Gasteiger partial charge in [-0.15, -0.1) is 0 Å². The lowest BCUT2D eigenvalue weighted by molar-refractivity contribution is -0.0516. The van der Waals surface area contributed by atoms with Gasteiger partial charge in [-0.3, -0.25) is 0 Å². The quantitative estimate of drug-likeness (QED) is 0.735. The largest absolute Gasteiger partial charge is 0.370 e. The fourth-order valence-electron chi connectivity index (χ4n) is 2.66. The third kappa shape index (κ3) is 2.96. The number of halogens is 2. The maximum atomic E-state index is 6.25. The Morgan fingerprint density at radius 3 is 2.37 bits per heavy atom. The monoisotopic (exact) mass is 346 g/mol. The molecule has 1 aromatic rings. The van der Waals surface area contributed by atoms with Crippen LogP contribution in [-0.2, 0) is 10.3 Å². The van der Waals surface area contributed by atoms with Crippen molar-refractivity contribution in [1.82, 2.24) is 9.97 Å². The predicted octanol–water partition coefficient (Wildman–Crippen LogP) is 4.82. The van der Waals surface area contributed by atoms with Gasteiger partial charge in [0, 0.05) is 7.11 Å². The van der Waals surface area contributed by atoms with Gasteiger partial charge in [0.05, 0.1) is 10.2 Å². The van der Waals surface area contributed by atoms with Crippen LogP contribution in [0.1, 0.15) is 63.4 Å². The summed E-state index contributed by atoms with van der Waals surface area (Å²) in [6, 6.07) is 0. The standard InChI is InChI=1S/C14H20BrClN2O/c1-9(2)11-10(15)12(16)18-13(17-11)14(19-3)7-5-4-6-8-14/h9H,4-8H2,1-3H3. The number of nitrogens with zero attached hydrogens (tertiary/aromatic N) is 2. The van der Waals surface area contributed by atoms with Gasteiger partial charge in [-0.25, -0.2) is 9.97 Å². The van der Waals surface area contributed by atoms with Crippen LogP contribution in [0.3, 0.4) is 0 Å². The molecular weight excluding hydrogens is 328 g/mol. The topological polar surface area (TPSA) is 35.0 Å². The Balaban J connectivity index is 2.49. The van der Waals surface area contributed by atoms with Gasteiger partial charge < -0.3 is 4.74 Å². The summed E-state index contributed by atoms with van der Waals surface area (Å²) in [5.41, 5.74) is 0.601. The Bertz CT molecular complexity index is 459. The molecule has 0 amide bonds. The van der Waals surface area contributed by atoms with E-state index in [1.54, 1.807) is 7.11 Å². The van der Waals surface area contributed by atoms with Crippen LogP contribution in [0.5, 0.6) is 0 Å². The number of aromatic nitrogens is 2. The van der Waals surface area contributed by atoms with E-state index in [1.807, 2.05) is 0 Å². The second kappa shape index (κ2) is 6.06. The van der Waals surface area contributed by atoms with E-state index >= 15 is 0 Å². The third-order valence-electron chi connectivity index (χ3n) is 3.84. The highest BCUT2D eigenvalue weighted by Crippen LogP contribution is 2.40. The average molecular weight is 348 g/mol. The van der Waals surface area contributed by atoms with Gasteiger partial charge in [-0.1, -0.05) is 44.7 Å². The summed E-state index contributed by atoms with van der Waals surface area (Å²) < 4.78 is 6.60. The second-order valence-corrected chi connectivity index (χ2v) is 6.60. The summed E-state index contributed by atoms with van der Waals surface area (Å²) in [7, 11) is 1.75. The van der Waals surface area contributed by atoms with Gasteiger partial charge in [-0.2, -0.15) is 0 Å². The molecule has 0 unspecified atom stereocenters. The Kier molecular flexibility index (Phi) is 4.85. The summed E-state index contributed by atoms with van der Waals surface area (Å²) in [5, 5.41) is 0.482. The van der Waals surface area contributed by atoms with Gasteiger partial charge in [0.25, 0.3) is 0 Å². The fourth-order valence-corrected chi connectivity index (χ4v) is 3.48. The van der Waals surface area contributed by atoms with Crippen LogP contribution in [0.2, 0.25) is 5.15 Å². The zero-order valence-corrected chi connectivity index (χ0v) is 14.0. The van der Waals surface area contributed by atoms with Crippen molar-refractivity contribution in [2.75, 3.05) is 7.11 Å². The SMILES string of the molecule is COC1(c2nc(Cl)c(Br)c(C(C)C)n2)CCCCC1. The van der Waals surface area contributed by atoms with Gasteiger partial charge in [-0.05, 0) is 34.7 Å². The molecule has 3 nitrogen and oxygen atoms in total. The van der Waals surface area contributed by atoms with Crippen LogP contribution in [-0.4, -0.2) is 17.1 Å². The lowest BCUT2D eigenvalue weighted by atomic mass is 9.84. The molecule has 0 atom stereocenters. The molecule has 0 radical (unpaired) electrons. The predicted molar refractivity (Wildman–Crippen MR) is 80.6 cm³/mol. The smallest absolute Gasteiger partial charge is 0.162 e. The lowest BCUT2D eigenvalue weighted by Crippen LogP contribution is -2.33. The molecular formula is C14H20BrClN2O. The van der Waals surface area contributed by atoms with Gasteiger partial charge >= 0.3 is 0 Å². The number of hydrogen-bond donors (Lipinski definition) is 0. The van der Waals surface area contributed by atoms with Gasteiger partial charge in [0.15, 0.2) is 5.82 Å². The molecule has 0 N–H and O–H groups in total. The van der Waals surface area contributed by atoms with Crippen LogP contribution in [0.15, 0.2) is 4.47 Å². The highest BCUT2D eigenvalue weighted by molar-refractivity contribution is 9.10. The average Bonchev–Trinajstić information content (AvgIpc) is 2.42. The van der Waals surface area contributed by atoms with Crippen molar-refractivity contribution in [2.45, 2.75) is 57.5 Å². The van der Waals surface area contributed by atoms with E-state index < -0.39 is 0 Å². The third-order valence-corrected chi connectivity index (χ3v) is 5.13. The van der Waals surface area contributed by atoms with E-state index in [0.717, 1.165) is 41.7 Å². The minimum absolute atomic E-state index is 0.297. The zero-order chi connectivity index (χ0) is 14.0. The molecule has 0 aromatic carbocycles. The molecule has 0 bridgehead atoms. The number of ether oxygens (including phenoxy) is 1. The Morgan fingerprint density at radius 1 is 1.21 bits per heavy atom. The first kappa shape index (κ1) is 15.2. The number of methoxy groups -OCH3 is 1. The Morgan fingerprint density at radius 2 is 1.84 bits per heavy atom. The molecule has 1 fully saturated rings. The molecule has 0 spiro atoms. The summed E-state index contributed by atoms with van der Waals surface area (Å²) >= 11 is 9.73. The molecule has 1 saturated carbocycles. The molecule has 1 aliphatic carbocycles. The Labute approximate surface area is 128 Å². The maximum Gasteiger partial charge on any atom is 0.162 e. The Hall–Kier alpha value is -0.190. The minimum Gasteiger partial charge on any atom is -0.370 e. The van der Waals surface area contributed by atoms with E-state index in [4.69, 9.17) is 21.3 Å². The number of rotatable bonds is 3. The van der Waals surface area contributed by atoms with Crippen molar-refractivity contribution < 1.29 is 4.74 Å². The van der Waals surface area contributed by atoms with Gasteiger partial charge in [0.1, 0.15) is 10.8 Å². The van der Waals surface area contributed by atoms with Crippen molar-refractivity contribution in [3.8, 4) is 0 Å². The first-order chi connectivity index (χ1) is 9.00. The van der Waals surface area contributed by atoms with E-state index in [2.05, 4.69) is 34.8 Å². The first-order valence-electron chi connectivity index (χ1n) is 6.79. The molecule has 0 aliphatic heterocycles. The van der Waals surface area contributed by atoms with Crippen LogP contribution in [0, 0.1) is 0 Å². The normalized spacial score (nSPS) is 18.8. The minimum atomic E-state index is -0.355. The van der Waals surface area contributed by atoms with Crippen LogP contribution in [0.4, 0.5) is 0 Å². The summed E-state index contributed by atoms with van der Waals surface area (Å²) in [4.78, 5) is 9.20. The molecule has 19 heavy (non-hydrogen) atoms. The van der Waals surface area contributed by atoms with Crippen molar-refractivity contribution in [2.24, 2.45) is 0 Å². The molecule has 1 heterocycles. The van der Waals surface area contributed by atoms with Crippen molar-refractivity contribution >= 4 is 27.5 Å². The fraction of sp³-hybridized carbons (Fsp3) is 0.714. The second-order valence-electron chi connectivity index (χ2n) is 5.45. The zero-order valence-electron chi connectivity index (χ0n) is 11.7. The van der Waals surface area contributed by atoms with Gasteiger partial charge in [0.2, 0.25) is 0 Å². The van der Waals surface area contributed by atoms with E-state index in [-0.39, 0.29) is 5.60 Å². The highest BCUT2D eigenvalue weighted by atomic mass is 79.9. The van der Waals surface area contributed by atoms with Crippen molar-refractivity contribution in [3.05, 3.63) is 21.1 Å².